The van der Waals surface area contributed by atoms with Crippen molar-refractivity contribution in [2.24, 2.45) is 5.41 Å². The van der Waals surface area contributed by atoms with Gasteiger partial charge in [-0.25, -0.2) is 0 Å². The second-order valence-electron chi connectivity index (χ2n) is 6.31. The Bertz CT molecular complexity index is 725. The third kappa shape index (κ3) is 2.05. The van der Waals surface area contributed by atoms with E-state index in [1.165, 1.54) is 5.57 Å². The summed E-state index contributed by atoms with van der Waals surface area (Å²) in [5, 5.41) is 2.14. The van der Waals surface area contributed by atoms with E-state index in [-0.39, 0.29) is 11.2 Å². The number of carbonyl (C=O) groups is 1. The van der Waals surface area contributed by atoms with E-state index >= 15 is 0 Å². The maximum atomic E-state index is 12.8. The van der Waals surface area contributed by atoms with Crippen LogP contribution in [0.25, 0.3) is 10.8 Å². The van der Waals surface area contributed by atoms with Crippen LogP contribution < -0.4 is 0 Å². The molecule has 1 aromatic carbocycles. The molecule has 2 heteroatoms. The van der Waals surface area contributed by atoms with Crippen molar-refractivity contribution in [2.75, 3.05) is 0 Å². The average molecular weight is 265 g/mol. The minimum Gasteiger partial charge on any atom is -0.289 e. The zero-order valence-electron chi connectivity index (χ0n) is 12.2. The van der Waals surface area contributed by atoms with Gasteiger partial charge in [-0.05, 0) is 42.7 Å². The molecule has 0 fully saturated rings. The number of aromatic nitrogens is 1. The lowest BCUT2D eigenvalue weighted by molar-refractivity contribution is 0.101. The molecule has 20 heavy (non-hydrogen) atoms. The molecule has 1 aromatic heterocycles. The van der Waals surface area contributed by atoms with Gasteiger partial charge in [-0.15, -0.1) is 0 Å². The first-order valence-electron chi connectivity index (χ1n) is 7.08. The summed E-state index contributed by atoms with van der Waals surface area (Å²) in [6, 6.07) is 7.83. The summed E-state index contributed by atoms with van der Waals surface area (Å²) < 4.78 is 0. The standard InChI is InChI=1S/C18H19NO/c1-12-6-8-18(2,3)16(12)17(20)14-4-5-15-11-19-9-7-13(15)10-14/h4-5,7,9-11H,6,8H2,1-3H3. The molecule has 0 bridgehead atoms. The Hall–Kier alpha value is -1.96. The molecule has 2 nitrogen and oxygen atoms in total. The van der Waals surface area contributed by atoms with Gasteiger partial charge >= 0.3 is 0 Å². The highest BCUT2D eigenvalue weighted by atomic mass is 16.1. The Kier molecular flexibility index (Phi) is 2.97. The number of fused-ring (bicyclic) bond motifs is 1. The molecular weight excluding hydrogens is 246 g/mol. The van der Waals surface area contributed by atoms with Crippen LogP contribution in [-0.2, 0) is 0 Å². The predicted octanol–water partition coefficient (Wildman–Crippen LogP) is 4.55. The second-order valence-corrected chi connectivity index (χ2v) is 6.31. The molecule has 0 amide bonds. The highest BCUT2D eigenvalue weighted by Crippen LogP contribution is 2.43. The molecule has 0 saturated carbocycles. The third-order valence-corrected chi connectivity index (χ3v) is 4.36. The summed E-state index contributed by atoms with van der Waals surface area (Å²) in [5.41, 5.74) is 3.03. The van der Waals surface area contributed by atoms with Gasteiger partial charge in [-0.3, -0.25) is 9.78 Å². The number of benzene rings is 1. The summed E-state index contributed by atoms with van der Waals surface area (Å²) in [6.45, 7) is 6.43. The van der Waals surface area contributed by atoms with Crippen molar-refractivity contribution >= 4 is 16.6 Å². The Balaban J connectivity index is 2.07. The predicted molar refractivity (Wildman–Crippen MR) is 81.8 cm³/mol. The molecular formula is C18H19NO. The van der Waals surface area contributed by atoms with Crippen LogP contribution in [0.4, 0.5) is 0 Å². The molecule has 1 heterocycles. The molecule has 2 aromatic rings. The van der Waals surface area contributed by atoms with Crippen LogP contribution in [0.1, 0.15) is 44.0 Å². The average Bonchev–Trinajstić information content (AvgIpc) is 2.71. The van der Waals surface area contributed by atoms with Crippen molar-refractivity contribution in [3.63, 3.8) is 0 Å². The van der Waals surface area contributed by atoms with Crippen molar-refractivity contribution < 1.29 is 4.79 Å². The van der Waals surface area contributed by atoms with E-state index in [0.717, 1.165) is 34.8 Å². The maximum Gasteiger partial charge on any atom is 0.189 e. The van der Waals surface area contributed by atoms with Crippen molar-refractivity contribution in [1.82, 2.24) is 4.98 Å². The van der Waals surface area contributed by atoms with E-state index in [1.807, 2.05) is 30.5 Å². The van der Waals surface area contributed by atoms with Gasteiger partial charge in [-0.1, -0.05) is 31.6 Å². The summed E-state index contributed by atoms with van der Waals surface area (Å²) in [4.78, 5) is 16.9. The number of pyridine rings is 1. The van der Waals surface area contributed by atoms with Gasteiger partial charge in [0.1, 0.15) is 0 Å². The number of rotatable bonds is 2. The highest BCUT2D eigenvalue weighted by molar-refractivity contribution is 6.11. The number of hydrogen-bond donors (Lipinski definition) is 0. The van der Waals surface area contributed by atoms with Gasteiger partial charge in [0.25, 0.3) is 0 Å². The van der Waals surface area contributed by atoms with E-state index in [0.29, 0.717) is 0 Å². The van der Waals surface area contributed by atoms with Crippen molar-refractivity contribution in [2.45, 2.75) is 33.6 Å². The van der Waals surface area contributed by atoms with Crippen molar-refractivity contribution in [1.29, 1.82) is 0 Å². The SMILES string of the molecule is CC1=C(C(=O)c2ccc3cnccc3c2)C(C)(C)CC1. The first-order valence-corrected chi connectivity index (χ1v) is 7.08. The van der Waals surface area contributed by atoms with Crippen molar-refractivity contribution in [3.05, 3.63) is 53.4 Å². The number of nitrogens with zero attached hydrogens (tertiary/aromatic N) is 1. The van der Waals surface area contributed by atoms with Gasteiger partial charge in [0.2, 0.25) is 0 Å². The van der Waals surface area contributed by atoms with E-state index in [4.69, 9.17) is 0 Å². The van der Waals surface area contributed by atoms with E-state index in [1.54, 1.807) is 6.20 Å². The van der Waals surface area contributed by atoms with Crippen LogP contribution in [0.2, 0.25) is 0 Å². The number of Topliss-reactive ketones (excluding diaryl/α,β-unsaturated/α-hetero) is 1. The van der Waals surface area contributed by atoms with E-state index in [9.17, 15) is 4.79 Å². The fraction of sp³-hybridized carbons (Fsp3) is 0.333. The number of carbonyl (C=O) groups excluding carboxylic acids is 1. The van der Waals surface area contributed by atoms with Gasteiger partial charge in [0.15, 0.2) is 5.78 Å². The summed E-state index contributed by atoms with van der Waals surface area (Å²) in [5.74, 6) is 0.184. The summed E-state index contributed by atoms with van der Waals surface area (Å²) in [7, 11) is 0. The second kappa shape index (κ2) is 4.55. The van der Waals surface area contributed by atoms with E-state index in [2.05, 4.69) is 25.8 Å². The third-order valence-electron chi connectivity index (χ3n) is 4.36. The van der Waals surface area contributed by atoms with Gasteiger partial charge in [0.05, 0.1) is 0 Å². The first-order chi connectivity index (χ1) is 9.49. The normalized spacial score (nSPS) is 17.8. The van der Waals surface area contributed by atoms with Gasteiger partial charge < -0.3 is 0 Å². The summed E-state index contributed by atoms with van der Waals surface area (Å²) in [6.07, 6.45) is 5.69. The maximum absolute atomic E-state index is 12.8. The summed E-state index contributed by atoms with van der Waals surface area (Å²) >= 11 is 0. The molecule has 3 rings (SSSR count). The number of ketones is 1. The largest absolute Gasteiger partial charge is 0.289 e. The highest BCUT2D eigenvalue weighted by Gasteiger charge is 2.35. The van der Waals surface area contributed by atoms with Gasteiger partial charge in [0, 0.05) is 28.9 Å². The Morgan fingerprint density at radius 3 is 2.70 bits per heavy atom. The molecule has 0 saturated heterocycles. The molecule has 0 N–H and O–H groups in total. The lowest BCUT2D eigenvalue weighted by atomic mass is 9.81. The molecule has 102 valence electrons. The molecule has 1 aliphatic carbocycles. The lowest BCUT2D eigenvalue weighted by Crippen LogP contribution is -2.18. The Morgan fingerprint density at radius 2 is 2.00 bits per heavy atom. The lowest BCUT2D eigenvalue weighted by Gasteiger charge is -2.22. The fourth-order valence-corrected chi connectivity index (χ4v) is 3.20. The first kappa shape index (κ1) is 13.0. The van der Waals surface area contributed by atoms with Crippen LogP contribution in [0, 0.1) is 5.41 Å². The van der Waals surface area contributed by atoms with Crippen LogP contribution in [0.3, 0.4) is 0 Å². The number of hydrogen-bond acceptors (Lipinski definition) is 2. The molecule has 0 radical (unpaired) electrons. The van der Waals surface area contributed by atoms with Crippen LogP contribution in [0.5, 0.6) is 0 Å². The Morgan fingerprint density at radius 1 is 1.20 bits per heavy atom. The minimum absolute atomic E-state index is 0.00559. The quantitative estimate of drug-likeness (QED) is 0.745. The topological polar surface area (TPSA) is 30.0 Å². The van der Waals surface area contributed by atoms with Crippen LogP contribution in [-0.4, -0.2) is 10.8 Å². The molecule has 0 aliphatic heterocycles. The molecule has 0 unspecified atom stereocenters. The fourth-order valence-electron chi connectivity index (χ4n) is 3.20. The zero-order chi connectivity index (χ0) is 14.3. The Labute approximate surface area is 119 Å². The minimum atomic E-state index is -0.00559. The zero-order valence-corrected chi connectivity index (χ0v) is 12.2. The van der Waals surface area contributed by atoms with Crippen molar-refractivity contribution in [3.8, 4) is 0 Å². The van der Waals surface area contributed by atoms with Crippen LogP contribution >= 0.6 is 0 Å². The monoisotopic (exact) mass is 265 g/mol. The molecule has 1 aliphatic rings. The smallest absolute Gasteiger partial charge is 0.189 e. The molecule has 0 spiro atoms. The van der Waals surface area contributed by atoms with Gasteiger partial charge in [-0.2, -0.15) is 0 Å². The van der Waals surface area contributed by atoms with E-state index < -0.39 is 0 Å². The molecule has 0 atom stereocenters. The number of allylic oxidation sites excluding steroid dienone is 2. The van der Waals surface area contributed by atoms with Crippen LogP contribution in [0.15, 0.2) is 47.8 Å².